The van der Waals surface area contributed by atoms with Gasteiger partial charge in [-0.15, -0.1) is 0 Å². The van der Waals surface area contributed by atoms with Crippen molar-refractivity contribution in [3.05, 3.63) is 24.3 Å². The summed E-state index contributed by atoms with van der Waals surface area (Å²) >= 11 is 0. The molecule has 0 aliphatic rings. The lowest BCUT2D eigenvalue weighted by Gasteiger charge is -2.35. The summed E-state index contributed by atoms with van der Waals surface area (Å²) < 4.78 is 9.14. The van der Waals surface area contributed by atoms with E-state index in [-0.39, 0.29) is 11.1 Å². The average Bonchev–Trinajstić information content (AvgIpc) is 2.14. The highest BCUT2D eigenvalue weighted by Crippen LogP contribution is 2.26. The van der Waals surface area contributed by atoms with Gasteiger partial charge < -0.3 is 19.7 Å². The molecular formula is C12H18O6. The highest BCUT2D eigenvalue weighted by atomic mass is 16.9. The Morgan fingerprint density at radius 3 is 1.39 bits per heavy atom. The molecular weight excluding hydrogens is 240 g/mol. The van der Waals surface area contributed by atoms with Gasteiger partial charge in [-0.2, -0.15) is 0 Å². The number of hydrogen-bond donors (Lipinski definition) is 2. The lowest BCUT2D eigenvalue weighted by molar-refractivity contribution is -0.382. The standard InChI is InChI=1S/C12H18O6/c1-7(2)9(13)17-12(16,11(5,6)15)18-10(14)8(3)4/h15-16H,1,3H2,2,4-6H3. The summed E-state index contributed by atoms with van der Waals surface area (Å²) in [6.45, 7) is 11.5. The van der Waals surface area contributed by atoms with Gasteiger partial charge in [-0.05, 0) is 27.7 Å². The molecule has 0 aliphatic heterocycles. The Hall–Kier alpha value is -1.66. The first-order chi connectivity index (χ1) is 7.90. The van der Waals surface area contributed by atoms with Crippen LogP contribution >= 0.6 is 0 Å². The number of rotatable bonds is 5. The number of aliphatic hydroxyl groups is 2. The molecule has 0 saturated carbocycles. The third-order valence-corrected chi connectivity index (χ3v) is 1.93. The highest BCUT2D eigenvalue weighted by molar-refractivity contribution is 5.89. The Balaban J connectivity index is 5.21. The maximum atomic E-state index is 11.3. The van der Waals surface area contributed by atoms with E-state index < -0.39 is 23.5 Å². The van der Waals surface area contributed by atoms with Crippen LogP contribution in [0.15, 0.2) is 24.3 Å². The van der Waals surface area contributed by atoms with Gasteiger partial charge in [-0.25, -0.2) is 9.59 Å². The molecule has 0 aromatic carbocycles. The Morgan fingerprint density at radius 1 is 0.944 bits per heavy atom. The molecule has 0 fully saturated rings. The Kier molecular flexibility index (Phi) is 4.83. The predicted octanol–water partition coefficient (Wildman–Crippen LogP) is 0.642. The molecule has 2 N–H and O–H groups in total. The van der Waals surface area contributed by atoms with E-state index in [1.54, 1.807) is 0 Å². The van der Waals surface area contributed by atoms with Crippen LogP contribution in [0, 0.1) is 0 Å². The van der Waals surface area contributed by atoms with Gasteiger partial charge in [0.25, 0.3) is 0 Å². The number of esters is 2. The maximum Gasteiger partial charge on any atom is 0.403 e. The molecule has 0 rings (SSSR count). The van der Waals surface area contributed by atoms with E-state index in [1.807, 2.05) is 0 Å². The zero-order valence-electron chi connectivity index (χ0n) is 10.9. The molecule has 6 heteroatoms. The van der Waals surface area contributed by atoms with E-state index in [9.17, 15) is 19.8 Å². The first-order valence-electron chi connectivity index (χ1n) is 5.13. The topological polar surface area (TPSA) is 93.1 Å². The summed E-state index contributed by atoms with van der Waals surface area (Å²) in [5, 5.41) is 19.7. The van der Waals surface area contributed by atoms with Crippen molar-refractivity contribution >= 4 is 11.9 Å². The summed E-state index contributed by atoms with van der Waals surface area (Å²) in [4.78, 5) is 22.7. The van der Waals surface area contributed by atoms with Crippen LogP contribution in [0.25, 0.3) is 0 Å². The van der Waals surface area contributed by atoms with Crippen LogP contribution in [0.4, 0.5) is 0 Å². The van der Waals surface area contributed by atoms with E-state index in [0.717, 1.165) is 13.8 Å². The number of carbonyl (C=O) groups excluding carboxylic acids is 2. The van der Waals surface area contributed by atoms with Crippen LogP contribution in [-0.2, 0) is 19.1 Å². The van der Waals surface area contributed by atoms with E-state index in [4.69, 9.17) is 0 Å². The van der Waals surface area contributed by atoms with Crippen molar-refractivity contribution in [1.29, 1.82) is 0 Å². The van der Waals surface area contributed by atoms with Crippen molar-refractivity contribution in [1.82, 2.24) is 0 Å². The van der Waals surface area contributed by atoms with E-state index in [2.05, 4.69) is 22.6 Å². The third kappa shape index (κ3) is 3.97. The lowest BCUT2D eigenvalue weighted by atomic mass is 10.1. The summed E-state index contributed by atoms with van der Waals surface area (Å²) in [6, 6.07) is 0. The summed E-state index contributed by atoms with van der Waals surface area (Å²) in [5.74, 6) is -4.83. The minimum atomic E-state index is -2.82. The largest absolute Gasteiger partial charge is 0.403 e. The van der Waals surface area contributed by atoms with Crippen LogP contribution in [0.1, 0.15) is 27.7 Å². The van der Waals surface area contributed by atoms with Gasteiger partial charge in [0.1, 0.15) is 0 Å². The number of carbonyl (C=O) groups is 2. The second-order valence-electron chi connectivity index (χ2n) is 4.48. The van der Waals surface area contributed by atoms with Crippen LogP contribution in [-0.4, -0.2) is 33.7 Å². The Labute approximate surface area is 106 Å². The molecule has 102 valence electrons. The van der Waals surface area contributed by atoms with Crippen molar-refractivity contribution in [2.75, 3.05) is 0 Å². The van der Waals surface area contributed by atoms with Crippen molar-refractivity contribution in [2.45, 2.75) is 39.3 Å². The summed E-state index contributed by atoms with van der Waals surface area (Å²) in [6.07, 6.45) is 0. The Morgan fingerprint density at radius 2 is 1.22 bits per heavy atom. The van der Waals surface area contributed by atoms with Gasteiger partial charge in [0.2, 0.25) is 0 Å². The van der Waals surface area contributed by atoms with Crippen LogP contribution in [0.3, 0.4) is 0 Å². The summed E-state index contributed by atoms with van der Waals surface area (Å²) in [7, 11) is 0. The van der Waals surface area contributed by atoms with Gasteiger partial charge in [0.15, 0.2) is 5.60 Å². The first-order valence-corrected chi connectivity index (χ1v) is 5.13. The average molecular weight is 258 g/mol. The fourth-order valence-electron chi connectivity index (χ4n) is 0.696. The molecule has 0 spiro atoms. The molecule has 0 radical (unpaired) electrons. The monoisotopic (exact) mass is 258 g/mol. The molecule has 0 aromatic rings. The van der Waals surface area contributed by atoms with Crippen LogP contribution in [0.5, 0.6) is 0 Å². The number of hydrogen-bond acceptors (Lipinski definition) is 6. The third-order valence-electron chi connectivity index (χ3n) is 1.93. The molecule has 0 heterocycles. The normalized spacial score (nSPS) is 11.7. The fourth-order valence-corrected chi connectivity index (χ4v) is 0.696. The van der Waals surface area contributed by atoms with Gasteiger partial charge >= 0.3 is 17.9 Å². The molecule has 0 atom stereocenters. The lowest BCUT2D eigenvalue weighted by Crippen LogP contribution is -2.56. The maximum absolute atomic E-state index is 11.3. The van der Waals surface area contributed by atoms with Crippen molar-refractivity contribution < 1.29 is 29.3 Å². The second-order valence-corrected chi connectivity index (χ2v) is 4.48. The van der Waals surface area contributed by atoms with Gasteiger partial charge in [0.05, 0.1) is 0 Å². The van der Waals surface area contributed by atoms with Gasteiger partial charge in [-0.1, -0.05) is 13.2 Å². The molecule has 0 aliphatic carbocycles. The molecule has 0 amide bonds. The highest BCUT2D eigenvalue weighted by Gasteiger charge is 2.51. The minimum absolute atomic E-state index is 0.0240. The fraction of sp³-hybridized carbons (Fsp3) is 0.500. The minimum Gasteiger partial charge on any atom is -0.392 e. The molecule has 0 aromatic heterocycles. The zero-order chi connectivity index (χ0) is 14.7. The zero-order valence-corrected chi connectivity index (χ0v) is 10.9. The molecule has 0 saturated heterocycles. The smallest absolute Gasteiger partial charge is 0.392 e. The van der Waals surface area contributed by atoms with Gasteiger partial charge in [0, 0.05) is 11.1 Å². The molecule has 0 bridgehead atoms. The first kappa shape index (κ1) is 16.3. The number of ether oxygens (including phenoxy) is 2. The SMILES string of the molecule is C=C(C)C(=O)OC(O)(OC(=O)C(=C)C)C(C)(C)O. The van der Waals surface area contributed by atoms with Crippen LogP contribution in [0.2, 0.25) is 0 Å². The predicted molar refractivity (Wildman–Crippen MR) is 63.1 cm³/mol. The summed E-state index contributed by atoms with van der Waals surface area (Å²) in [5.41, 5.74) is -2.07. The van der Waals surface area contributed by atoms with Crippen molar-refractivity contribution in [3.8, 4) is 0 Å². The van der Waals surface area contributed by atoms with Crippen LogP contribution < -0.4 is 0 Å². The van der Waals surface area contributed by atoms with Crippen molar-refractivity contribution in [3.63, 3.8) is 0 Å². The molecule has 0 unspecified atom stereocenters. The van der Waals surface area contributed by atoms with Crippen molar-refractivity contribution in [2.24, 2.45) is 0 Å². The van der Waals surface area contributed by atoms with E-state index in [1.165, 1.54) is 13.8 Å². The second kappa shape index (κ2) is 5.32. The molecule has 18 heavy (non-hydrogen) atoms. The molecule has 6 nitrogen and oxygen atoms in total. The van der Waals surface area contributed by atoms with E-state index >= 15 is 0 Å². The van der Waals surface area contributed by atoms with Gasteiger partial charge in [-0.3, -0.25) is 0 Å². The Bertz CT molecular complexity index is 360. The quantitative estimate of drug-likeness (QED) is 0.427. The van der Waals surface area contributed by atoms with E-state index in [0.29, 0.717) is 0 Å².